The fourth-order valence-corrected chi connectivity index (χ4v) is 2.63. The van der Waals surface area contributed by atoms with Crippen molar-refractivity contribution < 1.29 is 13.9 Å². The lowest BCUT2D eigenvalue weighted by molar-refractivity contribution is 0.211. The van der Waals surface area contributed by atoms with Crippen LogP contribution < -0.4 is 0 Å². The van der Waals surface area contributed by atoms with E-state index in [0.29, 0.717) is 16.9 Å². The number of rotatable bonds is 2. The van der Waals surface area contributed by atoms with E-state index in [9.17, 15) is 9.50 Å². The first kappa shape index (κ1) is 13.8. The summed E-state index contributed by atoms with van der Waals surface area (Å²) in [5.41, 5.74) is 3.48. The van der Waals surface area contributed by atoms with E-state index in [1.165, 1.54) is 6.07 Å². The molecule has 0 aliphatic rings. The topological polar surface area (TPSA) is 33.4 Å². The molecule has 0 saturated carbocycles. The monoisotopic (exact) mass is 262 g/mol. The lowest BCUT2D eigenvalue weighted by Gasteiger charge is -2.16. The maximum absolute atomic E-state index is 14.1. The van der Waals surface area contributed by atoms with Gasteiger partial charge in [0.1, 0.15) is 23.4 Å². The van der Waals surface area contributed by atoms with E-state index in [1.54, 1.807) is 6.92 Å². The maximum atomic E-state index is 14.1. The highest BCUT2D eigenvalue weighted by Crippen LogP contribution is 2.34. The van der Waals surface area contributed by atoms with Gasteiger partial charge >= 0.3 is 0 Å². The van der Waals surface area contributed by atoms with Gasteiger partial charge in [0.15, 0.2) is 0 Å². The Morgan fingerprint density at radius 3 is 2.11 bits per heavy atom. The second kappa shape index (κ2) is 4.82. The highest BCUT2D eigenvalue weighted by molar-refractivity contribution is 5.43. The smallest absolute Gasteiger partial charge is 0.129 e. The first-order valence-electron chi connectivity index (χ1n) is 6.34. The number of halogens is 1. The summed E-state index contributed by atoms with van der Waals surface area (Å²) in [4.78, 5) is 0. The Bertz CT molecular complexity index is 603. The average Bonchev–Trinajstić information content (AvgIpc) is 2.51. The van der Waals surface area contributed by atoms with E-state index >= 15 is 0 Å². The zero-order chi connectivity index (χ0) is 14.3. The molecular weight excluding hydrogens is 243 g/mol. The number of hydrogen-bond donors (Lipinski definition) is 1. The average molecular weight is 262 g/mol. The van der Waals surface area contributed by atoms with Gasteiger partial charge in [-0.15, -0.1) is 0 Å². The van der Waals surface area contributed by atoms with Crippen LogP contribution in [0.15, 0.2) is 16.5 Å². The van der Waals surface area contributed by atoms with Crippen LogP contribution in [0.4, 0.5) is 4.39 Å². The van der Waals surface area contributed by atoms with Crippen LogP contribution in [0.1, 0.15) is 45.4 Å². The van der Waals surface area contributed by atoms with Crippen molar-refractivity contribution in [1.29, 1.82) is 0 Å². The van der Waals surface area contributed by atoms with Crippen molar-refractivity contribution in [3.05, 3.63) is 57.3 Å². The first-order valence-corrected chi connectivity index (χ1v) is 6.34. The highest BCUT2D eigenvalue weighted by Gasteiger charge is 2.24. The van der Waals surface area contributed by atoms with Gasteiger partial charge in [0, 0.05) is 11.1 Å². The van der Waals surface area contributed by atoms with Crippen molar-refractivity contribution in [2.45, 2.75) is 40.7 Å². The van der Waals surface area contributed by atoms with Crippen molar-refractivity contribution in [2.75, 3.05) is 0 Å². The third-order valence-corrected chi connectivity index (χ3v) is 3.65. The van der Waals surface area contributed by atoms with Crippen LogP contribution in [0, 0.1) is 40.4 Å². The van der Waals surface area contributed by atoms with Gasteiger partial charge in [-0.2, -0.15) is 0 Å². The van der Waals surface area contributed by atoms with Crippen LogP contribution in [0.25, 0.3) is 0 Å². The van der Waals surface area contributed by atoms with Crippen molar-refractivity contribution >= 4 is 0 Å². The number of aliphatic hydroxyl groups excluding tert-OH is 1. The van der Waals surface area contributed by atoms with Crippen LogP contribution in [-0.4, -0.2) is 5.11 Å². The quantitative estimate of drug-likeness (QED) is 0.886. The van der Waals surface area contributed by atoms with E-state index < -0.39 is 6.10 Å². The van der Waals surface area contributed by atoms with Crippen molar-refractivity contribution in [1.82, 2.24) is 0 Å². The molecule has 1 unspecified atom stereocenters. The van der Waals surface area contributed by atoms with Crippen LogP contribution >= 0.6 is 0 Å². The summed E-state index contributed by atoms with van der Waals surface area (Å²) in [6.45, 7) is 9.17. The lowest BCUT2D eigenvalue weighted by atomic mass is 9.93. The molecule has 0 spiro atoms. The lowest BCUT2D eigenvalue weighted by Crippen LogP contribution is -2.07. The molecule has 0 aliphatic carbocycles. The van der Waals surface area contributed by atoms with Crippen LogP contribution in [-0.2, 0) is 0 Å². The third-order valence-electron chi connectivity index (χ3n) is 3.65. The fraction of sp³-hybridized carbons (Fsp3) is 0.375. The summed E-state index contributed by atoms with van der Waals surface area (Å²) in [6.07, 6.45) is -0.988. The molecule has 1 aromatic heterocycles. The molecule has 0 aliphatic heterocycles. The normalized spacial score (nSPS) is 12.8. The first-order chi connectivity index (χ1) is 8.82. The van der Waals surface area contributed by atoms with E-state index in [2.05, 4.69) is 0 Å². The molecule has 0 saturated heterocycles. The second-order valence-electron chi connectivity index (χ2n) is 5.13. The van der Waals surface area contributed by atoms with Gasteiger partial charge < -0.3 is 9.52 Å². The van der Waals surface area contributed by atoms with Gasteiger partial charge in [0.25, 0.3) is 0 Å². The van der Waals surface area contributed by atoms with Gasteiger partial charge in [0.2, 0.25) is 0 Å². The van der Waals surface area contributed by atoms with Crippen molar-refractivity contribution in [3.8, 4) is 0 Å². The van der Waals surface area contributed by atoms with Crippen molar-refractivity contribution in [3.63, 3.8) is 0 Å². The molecule has 0 bridgehead atoms. The number of hydrogen-bond acceptors (Lipinski definition) is 2. The minimum absolute atomic E-state index is 0.331. The fourth-order valence-electron chi connectivity index (χ4n) is 2.63. The molecule has 0 radical (unpaired) electrons. The summed E-state index contributed by atoms with van der Waals surface area (Å²) >= 11 is 0. The minimum Gasteiger partial charge on any atom is -0.466 e. The minimum atomic E-state index is -0.988. The Morgan fingerprint density at radius 1 is 1.00 bits per heavy atom. The van der Waals surface area contributed by atoms with Crippen LogP contribution in [0.5, 0.6) is 0 Å². The molecule has 1 aromatic carbocycles. The highest BCUT2D eigenvalue weighted by atomic mass is 19.1. The Morgan fingerprint density at radius 2 is 1.63 bits per heavy atom. The van der Waals surface area contributed by atoms with Gasteiger partial charge in [-0.05, 0) is 57.4 Å². The van der Waals surface area contributed by atoms with Gasteiger partial charge in [0.05, 0.1) is 0 Å². The summed E-state index contributed by atoms with van der Waals surface area (Å²) in [7, 11) is 0. The summed E-state index contributed by atoms with van der Waals surface area (Å²) in [5.74, 6) is 1.03. The van der Waals surface area contributed by atoms with Crippen LogP contribution in [0.3, 0.4) is 0 Å². The molecular formula is C16H19FO2. The second-order valence-corrected chi connectivity index (χ2v) is 5.13. The predicted octanol–water partition coefficient (Wildman–Crippen LogP) is 4.04. The SMILES string of the molecule is Cc1cc(C)c(C(O)c2c(C)oc(C)c2C)c(F)c1. The van der Waals surface area contributed by atoms with Crippen LogP contribution in [0.2, 0.25) is 0 Å². The third kappa shape index (κ3) is 2.30. The molecule has 19 heavy (non-hydrogen) atoms. The number of furan rings is 1. The zero-order valence-electron chi connectivity index (χ0n) is 12.0. The Kier molecular flexibility index (Phi) is 3.50. The molecule has 1 N–H and O–H groups in total. The molecule has 2 rings (SSSR count). The summed E-state index contributed by atoms with van der Waals surface area (Å²) in [5, 5.41) is 10.5. The van der Waals surface area contributed by atoms with Gasteiger partial charge in [-0.3, -0.25) is 0 Å². The molecule has 102 valence electrons. The van der Waals surface area contributed by atoms with Gasteiger partial charge in [-0.25, -0.2) is 4.39 Å². The van der Waals surface area contributed by atoms with E-state index in [4.69, 9.17) is 4.42 Å². The molecule has 1 atom stereocenters. The summed E-state index contributed by atoms with van der Waals surface area (Å²) < 4.78 is 19.6. The maximum Gasteiger partial charge on any atom is 0.129 e. The predicted molar refractivity (Wildman–Crippen MR) is 72.9 cm³/mol. The number of benzene rings is 1. The van der Waals surface area contributed by atoms with E-state index in [0.717, 1.165) is 22.5 Å². The van der Waals surface area contributed by atoms with E-state index in [1.807, 2.05) is 33.8 Å². The Hall–Kier alpha value is -1.61. The molecule has 3 heteroatoms. The van der Waals surface area contributed by atoms with Crippen molar-refractivity contribution in [2.24, 2.45) is 0 Å². The Labute approximate surface area is 112 Å². The Balaban J connectivity index is 2.59. The number of aliphatic hydroxyl groups is 1. The van der Waals surface area contributed by atoms with E-state index in [-0.39, 0.29) is 5.82 Å². The molecule has 2 aromatic rings. The van der Waals surface area contributed by atoms with Gasteiger partial charge in [-0.1, -0.05) is 6.07 Å². The molecule has 0 fully saturated rings. The standard InChI is InChI=1S/C16H19FO2/c1-8-6-9(2)14(13(17)7-8)16(18)15-10(3)11(4)19-12(15)5/h6-7,16,18H,1-5H3. The largest absolute Gasteiger partial charge is 0.466 e. The summed E-state index contributed by atoms with van der Waals surface area (Å²) in [6, 6.07) is 3.32. The molecule has 0 amide bonds. The molecule has 1 heterocycles. The number of aryl methyl sites for hydroxylation is 4. The molecule has 2 nitrogen and oxygen atoms in total. The zero-order valence-corrected chi connectivity index (χ0v) is 12.0.